The second-order valence-electron chi connectivity index (χ2n) is 4.51. The molecule has 7 heteroatoms. The molecule has 120 valence electrons. The van der Waals surface area contributed by atoms with Gasteiger partial charge in [-0.05, 0) is 11.6 Å². The van der Waals surface area contributed by atoms with Gasteiger partial charge >= 0.3 is 6.09 Å². The molecule has 3 N–H and O–H groups in total. The van der Waals surface area contributed by atoms with E-state index in [-0.39, 0.29) is 29.4 Å². The molecule has 0 aliphatic rings. The molecule has 0 heterocycles. The Morgan fingerprint density at radius 3 is 2.65 bits per heavy atom. The van der Waals surface area contributed by atoms with Crippen LogP contribution in [0.3, 0.4) is 0 Å². The minimum absolute atomic E-state index is 0.125. The Hall–Kier alpha value is -3.22. The van der Waals surface area contributed by atoms with Crippen molar-refractivity contribution in [2.24, 2.45) is 5.10 Å². The van der Waals surface area contributed by atoms with Crippen molar-refractivity contribution >= 4 is 12.3 Å². The number of amides is 1. The summed E-state index contributed by atoms with van der Waals surface area (Å²) >= 11 is 0. The molecule has 0 fully saturated rings. The maximum Gasteiger partial charge on any atom is 0.428 e. The summed E-state index contributed by atoms with van der Waals surface area (Å²) < 4.78 is 9.89. The Balaban J connectivity index is 1.90. The van der Waals surface area contributed by atoms with Crippen molar-refractivity contribution in [3.8, 4) is 17.2 Å². The van der Waals surface area contributed by atoms with Gasteiger partial charge in [0.05, 0.1) is 13.3 Å². The van der Waals surface area contributed by atoms with Crippen LogP contribution in [0.1, 0.15) is 11.1 Å². The van der Waals surface area contributed by atoms with Gasteiger partial charge < -0.3 is 19.7 Å². The second kappa shape index (κ2) is 7.69. The molecule has 1 amide bonds. The lowest BCUT2D eigenvalue weighted by atomic mass is 10.2. The molecule has 0 saturated heterocycles. The lowest BCUT2D eigenvalue weighted by Gasteiger charge is -2.06. The lowest BCUT2D eigenvalue weighted by Crippen LogP contribution is -2.18. The number of phenolic OH excluding ortho intramolecular Hbond substituents is 2. The highest BCUT2D eigenvalue weighted by molar-refractivity contribution is 5.85. The molecule has 0 unspecified atom stereocenters. The SMILES string of the molecule is COc1cc(/C=N/NC(=O)OCc2ccccc2)c(O)cc1O. The zero-order chi connectivity index (χ0) is 16.7. The molecule has 7 nitrogen and oxygen atoms in total. The zero-order valence-electron chi connectivity index (χ0n) is 12.4. The number of nitrogens with zero attached hydrogens (tertiary/aromatic N) is 1. The Bertz CT molecular complexity index is 701. The van der Waals surface area contributed by atoms with Gasteiger partial charge in [-0.25, -0.2) is 10.2 Å². The first-order valence-corrected chi connectivity index (χ1v) is 6.70. The van der Waals surface area contributed by atoms with E-state index in [1.165, 1.54) is 19.4 Å². The van der Waals surface area contributed by atoms with E-state index in [0.29, 0.717) is 0 Å². The minimum Gasteiger partial charge on any atom is -0.507 e. The number of rotatable bonds is 5. The number of hydrazone groups is 1. The number of carbonyl (C=O) groups excluding carboxylic acids is 1. The number of benzene rings is 2. The summed E-state index contributed by atoms with van der Waals surface area (Å²) in [6, 6.07) is 11.7. The molecule has 23 heavy (non-hydrogen) atoms. The van der Waals surface area contributed by atoms with Gasteiger partial charge in [-0.2, -0.15) is 5.10 Å². The van der Waals surface area contributed by atoms with Crippen LogP contribution < -0.4 is 10.2 Å². The Morgan fingerprint density at radius 2 is 1.96 bits per heavy atom. The summed E-state index contributed by atoms with van der Waals surface area (Å²) in [4.78, 5) is 11.5. The predicted molar refractivity (Wildman–Crippen MR) is 83.7 cm³/mol. The maximum atomic E-state index is 11.5. The number of carbonyl (C=O) groups is 1. The van der Waals surface area contributed by atoms with Crippen LogP contribution in [-0.2, 0) is 11.3 Å². The molecule has 0 aliphatic carbocycles. The quantitative estimate of drug-likeness (QED) is 0.581. The van der Waals surface area contributed by atoms with Gasteiger partial charge in [0.25, 0.3) is 0 Å². The first-order chi connectivity index (χ1) is 11.1. The monoisotopic (exact) mass is 316 g/mol. The van der Waals surface area contributed by atoms with Crippen molar-refractivity contribution in [2.45, 2.75) is 6.61 Å². The van der Waals surface area contributed by atoms with Crippen LogP contribution in [0.2, 0.25) is 0 Å². The highest BCUT2D eigenvalue weighted by Crippen LogP contribution is 2.32. The van der Waals surface area contributed by atoms with Crippen LogP contribution in [0.4, 0.5) is 4.79 Å². The molecule has 0 bridgehead atoms. The summed E-state index contributed by atoms with van der Waals surface area (Å²) in [7, 11) is 1.38. The van der Waals surface area contributed by atoms with Crippen LogP contribution in [0.15, 0.2) is 47.6 Å². The molecular formula is C16H16N2O5. The van der Waals surface area contributed by atoms with E-state index in [9.17, 15) is 15.0 Å². The van der Waals surface area contributed by atoms with E-state index < -0.39 is 6.09 Å². The van der Waals surface area contributed by atoms with Gasteiger partial charge in [0, 0.05) is 11.6 Å². The number of methoxy groups -OCH3 is 1. The number of aromatic hydroxyl groups is 2. The largest absolute Gasteiger partial charge is 0.507 e. The van der Waals surface area contributed by atoms with Crippen molar-refractivity contribution in [1.29, 1.82) is 0 Å². The van der Waals surface area contributed by atoms with Gasteiger partial charge in [0.1, 0.15) is 12.4 Å². The van der Waals surface area contributed by atoms with E-state index in [2.05, 4.69) is 10.5 Å². The number of phenols is 2. The molecule has 0 spiro atoms. The highest BCUT2D eigenvalue weighted by atomic mass is 16.6. The summed E-state index contributed by atoms with van der Waals surface area (Å²) in [5.74, 6) is -0.222. The third-order valence-electron chi connectivity index (χ3n) is 2.90. The van der Waals surface area contributed by atoms with Crippen LogP contribution in [0, 0.1) is 0 Å². The molecule has 2 aromatic carbocycles. The standard InChI is InChI=1S/C16H16N2O5/c1-22-15-7-12(13(19)8-14(15)20)9-17-18-16(21)23-10-11-5-3-2-4-6-11/h2-9,19-20H,10H2,1H3,(H,18,21)/b17-9+. The lowest BCUT2D eigenvalue weighted by molar-refractivity contribution is 0.140. The topological polar surface area (TPSA) is 100 Å². The summed E-state index contributed by atoms with van der Waals surface area (Å²) in [6.45, 7) is 0.125. The van der Waals surface area contributed by atoms with E-state index in [4.69, 9.17) is 9.47 Å². The fraction of sp³-hybridized carbons (Fsp3) is 0.125. The Labute approximate surface area is 132 Å². The van der Waals surface area contributed by atoms with E-state index in [1.807, 2.05) is 30.3 Å². The molecule has 0 aliphatic heterocycles. The summed E-state index contributed by atoms with van der Waals surface area (Å²) in [6.07, 6.45) is 0.483. The molecule has 0 atom stereocenters. The number of nitrogens with one attached hydrogen (secondary N) is 1. The van der Waals surface area contributed by atoms with Crippen molar-refractivity contribution in [3.63, 3.8) is 0 Å². The fourth-order valence-corrected chi connectivity index (χ4v) is 1.75. The smallest absolute Gasteiger partial charge is 0.428 e. The van der Waals surface area contributed by atoms with Gasteiger partial charge in [0.15, 0.2) is 11.5 Å². The van der Waals surface area contributed by atoms with E-state index in [1.54, 1.807) is 0 Å². The maximum absolute atomic E-state index is 11.5. The molecule has 2 aromatic rings. The van der Waals surface area contributed by atoms with Crippen LogP contribution in [0.25, 0.3) is 0 Å². The zero-order valence-corrected chi connectivity index (χ0v) is 12.4. The third kappa shape index (κ3) is 4.63. The number of hydrogen-bond acceptors (Lipinski definition) is 6. The molecular weight excluding hydrogens is 300 g/mol. The molecule has 2 rings (SSSR count). The number of ether oxygens (including phenoxy) is 2. The number of hydrogen-bond donors (Lipinski definition) is 3. The molecule has 0 radical (unpaired) electrons. The highest BCUT2D eigenvalue weighted by Gasteiger charge is 2.07. The van der Waals surface area contributed by atoms with Crippen molar-refractivity contribution in [2.75, 3.05) is 7.11 Å². The molecule has 0 aromatic heterocycles. The van der Waals surface area contributed by atoms with Crippen molar-refractivity contribution in [1.82, 2.24) is 5.43 Å². The fourth-order valence-electron chi connectivity index (χ4n) is 1.75. The Morgan fingerprint density at radius 1 is 1.22 bits per heavy atom. The first-order valence-electron chi connectivity index (χ1n) is 6.70. The third-order valence-corrected chi connectivity index (χ3v) is 2.90. The van der Waals surface area contributed by atoms with Gasteiger partial charge in [-0.15, -0.1) is 0 Å². The van der Waals surface area contributed by atoms with Crippen molar-refractivity contribution < 1.29 is 24.5 Å². The second-order valence-corrected chi connectivity index (χ2v) is 4.51. The van der Waals surface area contributed by atoms with Crippen LogP contribution in [0.5, 0.6) is 17.2 Å². The van der Waals surface area contributed by atoms with Gasteiger partial charge in [0.2, 0.25) is 0 Å². The van der Waals surface area contributed by atoms with Gasteiger partial charge in [-0.3, -0.25) is 0 Å². The van der Waals surface area contributed by atoms with E-state index in [0.717, 1.165) is 11.6 Å². The average molecular weight is 316 g/mol. The minimum atomic E-state index is -0.727. The summed E-state index contributed by atoms with van der Waals surface area (Å²) in [5.41, 5.74) is 3.30. The average Bonchev–Trinajstić information content (AvgIpc) is 2.56. The van der Waals surface area contributed by atoms with Crippen LogP contribution >= 0.6 is 0 Å². The summed E-state index contributed by atoms with van der Waals surface area (Å²) in [5, 5.41) is 22.8. The van der Waals surface area contributed by atoms with Crippen molar-refractivity contribution in [3.05, 3.63) is 53.6 Å². The first kappa shape index (κ1) is 16.2. The Kier molecular flexibility index (Phi) is 5.40. The van der Waals surface area contributed by atoms with Crippen LogP contribution in [-0.4, -0.2) is 29.6 Å². The van der Waals surface area contributed by atoms with E-state index >= 15 is 0 Å². The predicted octanol–water partition coefficient (Wildman–Crippen LogP) is 2.37. The molecule has 0 saturated carbocycles. The van der Waals surface area contributed by atoms with Gasteiger partial charge in [-0.1, -0.05) is 30.3 Å². The normalized spacial score (nSPS) is 10.5.